The minimum absolute atomic E-state index is 0. The molecule has 10 rings (SSSR count). The molecule has 0 fully saturated rings. The number of aryl methyl sites for hydroxylation is 1. The summed E-state index contributed by atoms with van der Waals surface area (Å²) >= 11 is 1.83. The van der Waals surface area contributed by atoms with Gasteiger partial charge >= 0.3 is 0 Å². The molecule has 0 N–H and O–H groups in total. The summed E-state index contributed by atoms with van der Waals surface area (Å²) in [6.07, 6.45) is 0.469. The Kier molecular flexibility index (Phi) is 9.88. The minimum atomic E-state index is -2.33. The maximum Gasteiger partial charge on any atom is 0.216 e. The molecule has 8 heteroatoms. The number of hydrogen-bond donors (Lipinski definition) is 0. The van der Waals surface area contributed by atoms with Crippen molar-refractivity contribution < 1.29 is 31.4 Å². The second-order valence-corrected chi connectivity index (χ2v) is 23.7. The average molecular weight is 1020 g/mol. The molecule has 309 valence electrons. The monoisotopic (exact) mass is 1020 g/mol. The topological polar surface area (TPSA) is 56.7 Å². The van der Waals surface area contributed by atoms with Crippen LogP contribution in [-0.2, 0) is 26.5 Å². The van der Waals surface area contributed by atoms with E-state index in [-0.39, 0.29) is 31.5 Å². The third-order valence-electron chi connectivity index (χ3n) is 10.7. The van der Waals surface area contributed by atoms with Crippen molar-refractivity contribution in [2.75, 3.05) is 0 Å². The number of aromatic nitrogens is 4. The van der Waals surface area contributed by atoms with Gasteiger partial charge in [-0.25, -0.2) is 4.98 Å². The van der Waals surface area contributed by atoms with Crippen molar-refractivity contribution >= 4 is 77.9 Å². The van der Waals surface area contributed by atoms with Gasteiger partial charge < -0.3 is 14.0 Å². The van der Waals surface area contributed by atoms with Crippen molar-refractivity contribution in [2.45, 2.75) is 73.4 Å². The molecule has 0 atom stereocenters. The first kappa shape index (κ1) is 36.4. The van der Waals surface area contributed by atoms with E-state index in [0.29, 0.717) is 22.9 Å². The summed E-state index contributed by atoms with van der Waals surface area (Å²) < 4.78 is 52.0. The van der Waals surface area contributed by atoms with Crippen LogP contribution < -0.4 is 5.19 Å². The van der Waals surface area contributed by atoms with Gasteiger partial charge in [0.1, 0.15) is 0 Å². The number of rotatable bonds is 6. The first-order valence-corrected chi connectivity index (χ1v) is 24.7. The van der Waals surface area contributed by atoms with Crippen molar-refractivity contribution in [1.29, 1.82) is 0 Å². The van der Waals surface area contributed by atoms with Crippen LogP contribution in [0.3, 0.4) is 0 Å². The third-order valence-corrected chi connectivity index (χ3v) is 13.9. The van der Waals surface area contributed by atoms with Gasteiger partial charge in [-0.2, -0.15) is 0 Å². The van der Waals surface area contributed by atoms with Gasteiger partial charge in [-0.1, -0.05) is 113 Å². The molecule has 1 radical (unpaired) electrons. The maximum absolute atomic E-state index is 8.75. The van der Waals surface area contributed by atoms with Crippen LogP contribution in [0, 0.1) is 24.4 Å². The fourth-order valence-electron chi connectivity index (χ4n) is 7.96. The van der Waals surface area contributed by atoms with E-state index < -0.39 is 26.7 Å². The quantitative estimate of drug-likeness (QED) is 0.123. The van der Waals surface area contributed by atoms with Crippen LogP contribution in [-0.4, -0.2) is 27.6 Å². The maximum atomic E-state index is 8.75. The molecular weight excluding hydrogens is 961 g/mol. The van der Waals surface area contributed by atoms with Crippen molar-refractivity contribution in [3.8, 4) is 28.3 Å². The van der Waals surface area contributed by atoms with E-state index in [4.69, 9.17) is 16.3 Å². The Labute approximate surface area is 384 Å². The fourth-order valence-corrected chi connectivity index (χ4v) is 10.7. The van der Waals surface area contributed by atoms with E-state index in [0.717, 1.165) is 49.5 Å². The van der Waals surface area contributed by atoms with Crippen molar-refractivity contribution in [3.05, 3.63) is 150 Å². The number of imidazole rings is 1. The van der Waals surface area contributed by atoms with Crippen LogP contribution in [0.1, 0.15) is 64.2 Å². The summed E-state index contributed by atoms with van der Waals surface area (Å²) in [5.74, 6) is 1.07. The number of fused-ring (bicyclic) bond motifs is 7. The first-order valence-electron chi connectivity index (χ1n) is 22.9. The van der Waals surface area contributed by atoms with Crippen molar-refractivity contribution in [2.24, 2.45) is 5.41 Å². The summed E-state index contributed by atoms with van der Waals surface area (Å²) in [4.78, 5) is 14.1. The van der Waals surface area contributed by atoms with E-state index in [1.54, 1.807) is 12.1 Å². The Morgan fingerprint density at radius 2 is 1.64 bits per heavy atom. The molecular formula is C53H50IrN4OSSi-2. The zero-order chi connectivity index (χ0) is 46.2. The van der Waals surface area contributed by atoms with E-state index in [2.05, 4.69) is 103 Å². The van der Waals surface area contributed by atoms with Gasteiger partial charge in [0.2, 0.25) is 5.71 Å². The first-order chi connectivity index (χ1) is 30.7. The standard InChI is InChI=1S/C34H24N3OS.C19H26NSi.Ir/c1-19(2)21-17-18-28(30-24-9-4-7-14-29(24)39-32(21)30)37-27-13-6-5-12-26(27)36-33(37)25-11-8-10-22-23-16-15-20(3)35-34(23)38-31(22)25;1-19(2,3)13-16-12-17(15-10-8-7-9-11-15)20-14-18(16)21(4,5)6;/h4-10,12-19H,1-3H3;7-10,12,14H,13H2,1-6H3;/q2*-1;/i3D3;13D2;. The normalized spacial score (nSPS) is 13.8. The molecule has 0 spiro atoms. The number of thiophene rings is 1. The smallest absolute Gasteiger partial charge is 0.216 e. The molecule has 0 aliphatic rings. The van der Waals surface area contributed by atoms with Crippen LogP contribution in [0.25, 0.3) is 81.6 Å². The van der Waals surface area contributed by atoms with Crippen LogP contribution in [0.4, 0.5) is 0 Å². The predicted octanol–water partition coefficient (Wildman–Crippen LogP) is 14.3. The Morgan fingerprint density at radius 3 is 2.39 bits per heavy atom. The molecule has 5 nitrogen and oxygen atoms in total. The molecule has 10 aromatic rings. The number of furan rings is 1. The fraction of sp³-hybridized carbons (Fsp3) is 0.226. The summed E-state index contributed by atoms with van der Waals surface area (Å²) in [7, 11) is -1.70. The Balaban J connectivity index is 0.000000211. The van der Waals surface area contributed by atoms with Gasteiger partial charge in [-0.15, -0.1) is 65.4 Å². The zero-order valence-corrected chi connectivity index (χ0v) is 39.8. The molecule has 5 heterocycles. The summed E-state index contributed by atoms with van der Waals surface area (Å²) in [6, 6.07) is 44.5. The molecule has 0 saturated heterocycles. The zero-order valence-electron chi connectivity index (χ0n) is 40.6. The van der Waals surface area contributed by atoms with E-state index in [9.17, 15) is 0 Å². The van der Waals surface area contributed by atoms with Crippen molar-refractivity contribution in [3.63, 3.8) is 0 Å². The number of para-hydroxylation sites is 2. The van der Waals surface area contributed by atoms with Crippen LogP contribution in [0.15, 0.2) is 126 Å². The second-order valence-electron chi connectivity index (χ2n) is 17.7. The van der Waals surface area contributed by atoms with Gasteiger partial charge in [0.15, 0.2) is 0 Å². The predicted molar refractivity (Wildman–Crippen MR) is 257 cm³/mol. The average Bonchev–Trinajstić information content (AvgIpc) is 3.97. The number of nitrogens with zero attached hydrogens (tertiary/aromatic N) is 4. The molecule has 0 bridgehead atoms. The van der Waals surface area contributed by atoms with Gasteiger partial charge in [-0.3, -0.25) is 4.98 Å². The van der Waals surface area contributed by atoms with Crippen LogP contribution in [0.5, 0.6) is 0 Å². The van der Waals surface area contributed by atoms with Crippen molar-refractivity contribution in [1.82, 2.24) is 19.5 Å². The molecule has 0 aliphatic heterocycles. The Hall–Kier alpha value is -5.24. The molecule has 0 amide bonds. The minimum Gasteiger partial charge on any atom is -0.486 e. The van der Waals surface area contributed by atoms with Crippen LogP contribution in [0.2, 0.25) is 19.6 Å². The van der Waals surface area contributed by atoms with Gasteiger partial charge in [0, 0.05) is 70.1 Å². The van der Waals surface area contributed by atoms with Gasteiger partial charge in [-0.05, 0) is 77.4 Å². The number of benzene rings is 5. The van der Waals surface area contributed by atoms with Crippen LogP contribution >= 0.6 is 11.3 Å². The molecule has 5 aromatic carbocycles. The van der Waals surface area contributed by atoms with E-state index in [1.165, 1.54) is 25.7 Å². The SMILES string of the molecule is [2H]C([2H])([2H])c1ccc2c(n1)oc1c(-c3nc4ccccc4n3-c3ccc(C(C)C)c4sc5ccccc5c34)[c-]ccc12.[2H]C([2H])(c1cc(-c2[c-]cccc2)ncc1[Si](C)(C)C)C(C)(C)C.[Ir]. The molecule has 0 saturated carbocycles. The summed E-state index contributed by atoms with van der Waals surface area (Å²) in [6.45, 7) is 14.7. The van der Waals surface area contributed by atoms with E-state index in [1.807, 2.05) is 99.0 Å². The Morgan fingerprint density at radius 1 is 0.852 bits per heavy atom. The second kappa shape index (κ2) is 16.6. The number of pyridine rings is 2. The molecule has 5 aromatic heterocycles. The molecule has 0 aliphatic carbocycles. The molecule has 61 heavy (non-hydrogen) atoms. The third kappa shape index (κ3) is 8.15. The summed E-state index contributed by atoms with van der Waals surface area (Å²) in [5.41, 5.74) is 7.75. The molecule has 0 unspecified atom stereocenters. The summed E-state index contributed by atoms with van der Waals surface area (Å²) in [5, 5.41) is 5.10. The largest absolute Gasteiger partial charge is 0.486 e. The number of hydrogen-bond acceptors (Lipinski definition) is 5. The van der Waals surface area contributed by atoms with Gasteiger partial charge in [0.25, 0.3) is 0 Å². The Bertz CT molecular complexity index is 3420. The van der Waals surface area contributed by atoms with Gasteiger partial charge in [0.05, 0.1) is 30.5 Å². The van der Waals surface area contributed by atoms with E-state index >= 15 is 0 Å².